The first-order valence-electron chi connectivity index (χ1n) is 8.01. The molecule has 3 amide bonds. The molecule has 0 saturated heterocycles. The largest absolute Gasteiger partial charge is 0.323 e. The van der Waals surface area contributed by atoms with Gasteiger partial charge in [-0.25, -0.2) is 4.79 Å². The van der Waals surface area contributed by atoms with Crippen LogP contribution in [0.5, 0.6) is 0 Å². The highest BCUT2D eigenvalue weighted by Gasteiger charge is 2.10. The summed E-state index contributed by atoms with van der Waals surface area (Å²) in [5.74, 6) is -0.335. The summed E-state index contributed by atoms with van der Waals surface area (Å²) in [6.45, 7) is 0. The molecule has 7 heteroatoms. The van der Waals surface area contributed by atoms with Crippen LogP contribution in [0.4, 0.5) is 21.9 Å². The number of hydrogen-bond donors (Lipinski definition) is 3. The highest BCUT2D eigenvalue weighted by atomic mass is 35.5. The fraction of sp³-hybridized carbons (Fsp3) is 0. The Hall–Kier alpha value is -3.02. The molecule has 0 heterocycles. The van der Waals surface area contributed by atoms with Crippen molar-refractivity contribution in [3.8, 4) is 0 Å². The molecule has 0 aromatic heterocycles. The van der Waals surface area contributed by atoms with Crippen molar-refractivity contribution in [1.29, 1.82) is 0 Å². The van der Waals surface area contributed by atoms with Crippen LogP contribution in [0.1, 0.15) is 10.4 Å². The number of carbonyl (C=O) groups is 2. The maximum Gasteiger partial charge on any atom is 0.323 e. The molecule has 0 spiro atoms. The molecule has 3 rings (SSSR count). The fourth-order valence-corrected chi connectivity index (χ4v) is 2.71. The second-order valence-corrected chi connectivity index (χ2v) is 6.39. The van der Waals surface area contributed by atoms with Crippen LogP contribution in [0.3, 0.4) is 0 Å². The van der Waals surface area contributed by atoms with Crippen LogP contribution < -0.4 is 16.0 Å². The van der Waals surface area contributed by atoms with Gasteiger partial charge in [0.2, 0.25) is 0 Å². The van der Waals surface area contributed by atoms with E-state index in [4.69, 9.17) is 23.2 Å². The third-order valence-electron chi connectivity index (χ3n) is 3.63. The van der Waals surface area contributed by atoms with Gasteiger partial charge in [0.05, 0.1) is 21.4 Å². The van der Waals surface area contributed by atoms with Gasteiger partial charge in [0.25, 0.3) is 5.91 Å². The van der Waals surface area contributed by atoms with E-state index in [0.717, 1.165) is 0 Å². The normalized spacial score (nSPS) is 10.1. The average Bonchev–Trinajstić information content (AvgIpc) is 2.65. The standard InChI is InChI=1S/C20H15Cl2N3O2/c21-15-8-1-3-10-17(15)24-19(26)13-6-5-7-14(12-13)23-20(27)25-18-11-4-2-9-16(18)22/h1-12H,(H,24,26)(H2,23,25,27). The number of carbonyl (C=O) groups excluding carboxylic acids is 2. The molecule has 27 heavy (non-hydrogen) atoms. The molecule has 0 bridgehead atoms. The first-order chi connectivity index (χ1) is 13.0. The van der Waals surface area contributed by atoms with Crippen molar-refractivity contribution in [3.05, 3.63) is 88.4 Å². The second-order valence-electron chi connectivity index (χ2n) is 5.57. The van der Waals surface area contributed by atoms with Crippen LogP contribution in [0.15, 0.2) is 72.8 Å². The van der Waals surface area contributed by atoms with Crippen LogP contribution in [0.25, 0.3) is 0 Å². The molecule has 0 radical (unpaired) electrons. The summed E-state index contributed by atoms with van der Waals surface area (Å²) in [5.41, 5.74) is 1.85. The Morgan fingerprint density at radius 3 is 1.89 bits per heavy atom. The first kappa shape index (κ1) is 18.8. The Labute approximate surface area is 166 Å². The molecule has 5 nitrogen and oxygen atoms in total. The van der Waals surface area contributed by atoms with Crippen molar-refractivity contribution in [3.63, 3.8) is 0 Å². The Morgan fingerprint density at radius 1 is 0.667 bits per heavy atom. The van der Waals surface area contributed by atoms with Crippen LogP contribution in [-0.2, 0) is 0 Å². The van der Waals surface area contributed by atoms with E-state index >= 15 is 0 Å². The van der Waals surface area contributed by atoms with Crippen molar-refractivity contribution in [2.45, 2.75) is 0 Å². The zero-order chi connectivity index (χ0) is 19.2. The zero-order valence-corrected chi connectivity index (χ0v) is 15.5. The van der Waals surface area contributed by atoms with E-state index < -0.39 is 6.03 Å². The lowest BCUT2D eigenvalue weighted by molar-refractivity contribution is 0.102. The highest BCUT2D eigenvalue weighted by molar-refractivity contribution is 6.34. The lowest BCUT2D eigenvalue weighted by atomic mass is 10.2. The van der Waals surface area contributed by atoms with Gasteiger partial charge in [-0.05, 0) is 42.5 Å². The molecule has 0 atom stereocenters. The fourth-order valence-electron chi connectivity index (χ4n) is 2.34. The van der Waals surface area contributed by atoms with Gasteiger partial charge in [-0.1, -0.05) is 53.5 Å². The van der Waals surface area contributed by atoms with Crippen LogP contribution in [-0.4, -0.2) is 11.9 Å². The van der Waals surface area contributed by atoms with Crippen molar-refractivity contribution in [1.82, 2.24) is 0 Å². The predicted octanol–water partition coefficient (Wildman–Crippen LogP) is 5.89. The predicted molar refractivity (Wildman–Crippen MR) is 110 cm³/mol. The summed E-state index contributed by atoms with van der Waals surface area (Å²) in [4.78, 5) is 24.6. The van der Waals surface area contributed by atoms with Gasteiger partial charge in [0, 0.05) is 11.3 Å². The van der Waals surface area contributed by atoms with Gasteiger partial charge in [-0.3, -0.25) is 4.79 Å². The van der Waals surface area contributed by atoms with Crippen LogP contribution in [0, 0.1) is 0 Å². The second kappa shape index (κ2) is 8.58. The molecule has 3 N–H and O–H groups in total. The van der Waals surface area contributed by atoms with Crippen molar-refractivity contribution >= 4 is 52.2 Å². The van der Waals surface area contributed by atoms with Gasteiger partial charge in [0.1, 0.15) is 0 Å². The Kier molecular flexibility index (Phi) is 5.96. The number of halogens is 2. The maximum absolute atomic E-state index is 12.4. The van der Waals surface area contributed by atoms with Crippen molar-refractivity contribution in [2.24, 2.45) is 0 Å². The summed E-state index contributed by atoms with van der Waals surface area (Å²) in [7, 11) is 0. The summed E-state index contributed by atoms with van der Waals surface area (Å²) >= 11 is 12.1. The Morgan fingerprint density at radius 2 is 1.26 bits per heavy atom. The van der Waals surface area contributed by atoms with Crippen LogP contribution >= 0.6 is 23.2 Å². The molecule has 136 valence electrons. The van der Waals surface area contributed by atoms with Crippen molar-refractivity contribution < 1.29 is 9.59 Å². The van der Waals surface area contributed by atoms with E-state index in [2.05, 4.69) is 16.0 Å². The molecular formula is C20H15Cl2N3O2. The number of nitrogens with one attached hydrogen (secondary N) is 3. The van der Waals surface area contributed by atoms with Crippen LogP contribution in [0.2, 0.25) is 10.0 Å². The number of amides is 3. The quantitative estimate of drug-likeness (QED) is 0.511. The van der Waals surface area contributed by atoms with Gasteiger partial charge >= 0.3 is 6.03 Å². The smallest absolute Gasteiger partial charge is 0.321 e. The lowest BCUT2D eigenvalue weighted by Gasteiger charge is -2.11. The van der Waals surface area contributed by atoms with E-state index in [9.17, 15) is 9.59 Å². The molecule has 0 fully saturated rings. The number of hydrogen-bond acceptors (Lipinski definition) is 2. The Bertz CT molecular complexity index is 992. The minimum Gasteiger partial charge on any atom is -0.321 e. The number of anilines is 3. The summed E-state index contributed by atoms with van der Waals surface area (Å²) in [5, 5.41) is 8.94. The van der Waals surface area contributed by atoms with Gasteiger partial charge in [-0.15, -0.1) is 0 Å². The van der Waals surface area contributed by atoms with Crippen molar-refractivity contribution in [2.75, 3.05) is 16.0 Å². The minimum atomic E-state index is -0.466. The summed E-state index contributed by atoms with van der Waals surface area (Å²) < 4.78 is 0. The molecule has 0 aliphatic rings. The Balaban J connectivity index is 1.68. The zero-order valence-electron chi connectivity index (χ0n) is 14.0. The van der Waals surface area contributed by atoms with E-state index in [1.54, 1.807) is 72.8 Å². The van der Waals surface area contributed by atoms with E-state index in [1.807, 2.05) is 0 Å². The van der Waals surface area contributed by atoms with Gasteiger partial charge in [-0.2, -0.15) is 0 Å². The maximum atomic E-state index is 12.4. The molecule has 0 unspecified atom stereocenters. The summed E-state index contributed by atoms with van der Waals surface area (Å²) in [6, 6.07) is 19.9. The SMILES string of the molecule is O=C(Nc1cccc(C(=O)Nc2ccccc2Cl)c1)Nc1ccccc1Cl. The monoisotopic (exact) mass is 399 g/mol. The molecule has 0 aliphatic heterocycles. The molecular weight excluding hydrogens is 385 g/mol. The van der Waals surface area contributed by atoms with Gasteiger partial charge in [0.15, 0.2) is 0 Å². The first-order valence-corrected chi connectivity index (χ1v) is 8.77. The molecule has 3 aromatic carbocycles. The lowest BCUT2D eigenvalue weighted by Crippen LogP contribution is -2.20. The van der Waals surface area contributed by atoms with E-state index in [0.29, 0.717) is 32.7 Å². The van der Waals surface area contributed by atoms with E-state index in [-0.39, 0.29) is 5.91 Å². The van der Waals surface area contributed by atoms with E-state index in [1.165, 1.54) is 0 Å². The molecule has 0 aliphatic carbocycles. The third-order valence-corrected chi connectivity index (χ3v) is 4.29. The number of rotatable bonds is 4. The topological polar surface area (TPSA) is 70.2 Å². The highest BCUT2D eigenvalue weighted by Crippen LogP contribution is 2.22. The number of urea groups is 1. The summed E-state index contributed by atoms with van der Waals surface area (Å²) in [6.07, 6.45) is 0. The third kappa shape index (κ3) is 5.00. The van der Waals surface area contributed by atoms with Gasteiger partial charge < -0.3 is 16.0 Å². The molecule has 3 aromatic rings. The number of benzene rings is 3. The number of para-hydroxylation sites is 2. The average molecular weight is 400 g/mol. The molecule has 0 saturated carbocycles. The minimum absolute atomic E-state index is 0.335.